The van der Waals surface area contributed by atoms with Gasteiger partial charge < -0.3 is 14.8 Å². The topological polar surface area (TPSA) is 80.3 Å². The number of rotatable bonds is 3. The normalized spacial score (nSPS) is 15.7. The summed E-state index contributed by atoms with van der Waals surface area (Å²) in [5, 5.41) is 16.9. The van der Waals surface area contributed by atoms with Gasteiger partial charge in [0.1, 0.15) is 17.1 Å². The molecule has 6 nitrogen and oxygen atoms in total. The van der Waals surface area contributed by atoms with E-state index in [0.29, 0.717) is 12.8 Å². The molecule has 31 heavy (non-hydrogen) atoms. The van der Waals surface area contributed by atoms with Crippen molar-refractivity contribution < 1.29 is 23.1 Å². The predicted molar refractivity (Wildman–Crippen MR) is 109 cm³/mol. The average Bonchev–Trinajstić information content (AvgIpc) is 3.34. The van der Waals surface area contributed by atoms with E-state index in [1.165, 1.54) is 22.9 Å². The van der Waals surface area contributed by atoms with E-state index in [-0.39, 0.29) is 23.2 Å². The lowest BCUT2D eigenvalue weighted by atomic mass is 9.92. The average molecular weight is 425 g/mol. The van der Waals surface area contributed by atoms with Crippen molar-refractivity contribution in [3.05, 3.63) is 70.9 Å². The number of benzene rings is 1. The third-order valence-corrected chi connectivity index (χ3v) is 4.95. The van der Waals surface area contributed by atoms with E-state index in [1.54, 1.807) is 26.1 Å². The van der Waals surface area contributed by atoms with Gasteiger partial charge >= 0.3 is 0 Å². The van der Waals surface area contributed by atoms with E-state index < -0.39 is 23.1 Å². The van der Waals surface area contributed by atoms with Crippen LogP contribution < -0.4 is 5.32 Å². The number of carbonyl (C=O) groups excluding carboxylic acids is 1. The monoisotopic (exact) mass is 425 g/mol. The number of carbonyl (C=O) groups is 1. The van der Waals surface area contributed by atoms with Crippen molar-refractivity contribution in [2.75, 3.05) is 0 Å². The fourth-order valence-electron chi connectivity index (χ4n) is 3.54. The molecule has 4 rings (SSSR count). The van der Waals surface area contributed by atoms with Gasteiger partial charge in [0.2, 0.25) is 0 Å². The first-order chi connectivity index (χ1) is 14.7. The summed E-state index contributed by atoms with van der Waals surface area (Å²) < 4.78 is 34.4. The molecule has 0 radical (unpaired) electrons. The quantitative estimate of drug-likeness (QED) is 0.628. The highest BCUT2D eigenvalue weighted by Crippen LogP contribution is 2.32. The summed E-state index contributed by atoms with van der Waals surface area (Å²) in [7, 11) is 0. The van der Waals surface area contributed by atoms with Gasteiger partial charge in [0.05, 0.1) is 12.2 Å². The van der Waals surface area contributed by atoms with Crippen LogP contribution in [0.4, 0.5) is 8.78 Å². The molecule has 160 valence electrons. The van der Waals surface area contributed by atoms with Gasteiger partial charge in [0, 0.05) is 17.3 Å². The van der Waals surface area contributed by atoms with Crippen molar-refractivity contribution >= 4 is 5.91 Å². The second kappa shape index (κ2) is 8.00. The lowest BCUT2D eigenvalue weighted by Crippen LogP contribution is -2.30. The molecule has 2 N–H and O–H groups in total. The Balaban J connectivity index is 1.54. The number of hydrogen-bond acceptors (Lipinski definition) is 4. The van der Waals surface area contributed by atoms with Gasteiger partial charge in [-0.05, 0) is 63.3 Å². The molecular formula is C23H21F2N3O3. The largest absolute Gasteiger partial charge is 0.443 e. The van der Waals surface area contributed by atoms with Crippen LogP contribution in [0.2, 0.25) is 0 Å². The molecule has 0 unspecified atom stereocenters. The number of hydrogen-bond donors (Lipinski definition) is 2. The van der Waals surface area contributed by atoms with Crippen LogP contribution in [0.25, 0.3) is 5.69 Å². The Kier molecular flexibility index (Phi) is 5.38. The molecule has 1 aliphatic rings. The van der Waals surface area contributed by atoms with Crippen LogP contribution >= 0.6 is 0 Å². The second-order valence-corrected chi connectivity index (χ2v) is 7.95. The fraction of sp³-hybridized carbons (Fsp3) is 0.304. The molecule has 3 aromatic rings. The Bertz CT molecular complexity index is 1190. The molecular weight excluding hydrogens is 404 g/mol. The minimum Gasteiger partial charge on any atom is -0.443 e. The Labute approximate surface area is 177 Å². The number of aliphatic hydroxyl groups is 1. The number of nitrogens with zero attached hydrogens (tertiary/aromatic N) is 2. The van der Waals surface area contributed by atoms with Crippen molar-refractivity contribution in [1.82, 2.24) is 15.1 Å². The number of amides is 1. The van der Waals surface area contributed by atoms with E-state index >= 15 is 0 Å². The Morgan fingerprint density at radius 1 is 1.32 bits per heavy atom. The van der Waals surface area contributed by atoms with Crippen LogP contribution in [-0.2, 0) is 6.42 Å². The van der Waals surface area contributed by atoms with Gasteiger partial charge in [-0.3, -0.25) is 4.79 Å². The summed E-state index contributed by atoms with van der Waals surface area (Å²) in [5.41, 5.74) is 0.559. The van der Waals surface area contributed by atoms with E-state index in [1.807, 2.05) is 0 Å². The molecule has 1 aromatic carbocycles. The zero-order valence-electron chi connectivity index (χ0n) is 17.1. The molecule has 1 amide bonds. The van der Waals surface area contributed by atoms with Crippen LogP contribution in [0, 0.1) is 23.5 Å². The Hall–Kier alpha value is -3.44. The molecule has 1 atom stereocenters. The summed E-state index contributed by atoms with van der Waals surface area (Å²) in [5.74, 6) is 3.92. The number of aromatic nitrogens is 2. The van der Waals surface area contributed by atoms with Gasteiger partial charge in [0.25, 0.3) is 5.91 Å². The smallest absolute Gasteiger partial charge is 0.287 e. The fourth-order valence-corrected chi connectivity index (χ4v) is 3.54. The summed E-state index contributed by atoms with van der Waals surface area (Å²) >= 11 is 0. The molecule has 0 aliphatic heterocycles. The van der Waals surface area contributed by atoms with E-state index in [4.69, 9.17) is 4.42 Å². The number of nitrogens with one attached hydrogen (secondary N) is 1. The minimum absolute atomic E-state index is 0.101. The van der Waals surface area contributed by atoms with Crippen molar-refractivity contribution in [2.24, 2.45) is 0 Å². The third kappa shape index (κ3) is 4.52. The second-order valence-electron chi connectivity index (χ2n) is 7.95. The third-order valence-electron chi connectivity index (χ3n) is 4.95. The molecule has 0 spiro atoms. The SMILES string of the molecule is CC(C)(O)C#Cc1ccc(C(=O)N[C@@H]2CCCc3c2cnn3-c2ccc(F)cc2F)o1. The first-order valence-electron chi connectivity index (χ1n) is 9.90. The van der Waals surface area contributed by atoms with Gasteiger partial charge in [0.15, 0.2) is 17.3 Å². The Morgan fingerprint density at radius 3 is 2.87 bits per heavy atom. The van der Waals surface area contributed by atoms with Crippen LogP contribution in [0.5, 0.6) is 0 Å². The zero-order chi connectivity index (χ0) is 22.2. The summed E-state index contributed by atoms with van der Waals surface area (Å²) in [6.45, 7) is 3.10. The molecule has 0 saturated carbocycles. The van der Waals surface area contributed by atoms with Crippen LogP contribution in [-0.4, -0.2) is 26.4 Å². The molecule has 1 aliphatic carbocycles. The maximum Gasteiger partial charge on any atom is 0.287 e. The molecule has 2 aromatic heterocycles. The van der Waals surface area contributed by atoms with Crippen LogP contribution in [0.3, 0.4) is 0 Å². The molecule has 2 heterocycles. The maximum absolute atomic E-state index is 14.2. The predicted octanol–water partition coefficient (Wildman–Crippen LogP) is 3.67. The molecule has 0 saturated heterocycles. The van der Waals surface area contributed by atoms with Crippen LogP contribution in [0.1, 0.15) is 60.3 Å². The minimum atomic E-state index is -1.17. The highest BCUT2D eigenvalue weighted by molar-refractivity contribution is 5.91. The van der Waals surface area contributed by atoms with Crippen molar-refractivity contribution in [1.29, 1.82) is 0 Å². The lowest BCUT2D eigenvalue weighted by Gasteiger charge is -2.24. The molecule has 0 fully saturated rings. The van der Waals surface area contributed by atoms with Gasteiger partial charge in [-0.25, -0.2) is 13.5 Å². The number of fused-ring (bicyclic) bond motifs is 1. The Morgan fingerprint density at radius 2 is 2.13 bits per heavy atom. The molecule has 8 heteroatoms. The van der Waals surface area contributed by atoms with E-state index in [0.717, 1.165) is 23.7 Å². The summed E-state index contributed by atoms with van der Waals surface area (Å²) in [4.78, 5) is 12.7. The van der Waals surface area contributed by atoms with Crippen molar-refractivity contribution in [3.8, 4) is 17.5 Å². The van der Waals surface area contributed by atoms with Crippen molar-refractivity contribution in [2.45, 2.75) is 44.8 Å². The first-order valence-corrected chi connectivity index (χ1v) is 9.90. The van der Waals surface area contributed by atoms with Gasteiger partial charge in [-0.1, -0.05) is 5.92 Å². The first kappa shape index (κ1) is 20.8. The number of halogens is 2. The summed E-state index contributed by atoms with van der Waals surface area (Å²) in [6, 6.07) is 6.12. The number of furan rings is 1. The highest BCUT2D eigenvalue weighted by atomic mass is 19.1. The van der Waals surface area contributed by atoms with Crippen LogP contribution in [0.15, 0.2) is 40.9 Å². The van der Waals surface area contributed by atoms with Gasteiger partial charge in [-0.2, -0.15) is 5.10 Å². The highest BCUT2D eigenvalue weighted by Gasteiger charge is 2.28. The maximum atomic E-state index is 14.2. The molecule has 0 bridgehead atoms. The van der Waals surface area contributed by atoms with Gasteiger partial charge in [-0.15, -0.1) is 0 Å². The van der Waals surface area contributed by atoms with Crippen molar-refractivity contribution in [3.63, 3.8) is 0 Å². The standard InChI is InChI=1S/C23H21F2N3O3/c1-23(2,30)11-10-15-7-9-21(31-15)22(29)27-18-4-3-5-19-16(18)13-26-28(19)20-8-6-14(24)12-17(20)25/h6-9,12-13,18,30H,3-5H2,1-2H3,(H,27,29)/t18-/m1/s1. The zero-order valence-corrected chi connectivity index (χ0v) is 17.1. The van der Waals surface area contributed by atoms with E-state index in [9.17, 15) is 18.7 Å². The van der Waals surface area contributed by atoms with E-state index in [2.05, 4.69) is 22.3 Å². The lowest BCUT2D eigenvalue weighted by molar-refractivity contribution is 0.0904. The summed E-state index contributed by atoms with van der Waals surface area (Å²) in [6.07, 6.45) is 3.73.